The highest BCUT2D eigenvalue weighted by molar-refractivity contribution is 6.58. The largest absolute Gasteiger partial charge is 0.502 e. The number of halogens is 7. The summed E-state index contributed by atoms with van der Waals surface area (Å²) in [4.78, 5) is 62.1. The number of phenols is 1. The molecule has 4 amide bonds. The molecule has 2 aliphatic carbocycles. The molecule has 3 fully saturated rings. The number of aromatic hydroxyl groups is 1. The van der Waals surface area contributed by atoms with Crippen LogP contribution in [0.15, 0.2) is 23.8 Å². The number of benzene rings is 2. The first kappa shape index (κ1) is 35.4. The van der Waals surface area contributed by atoms with Crippen LogP contribution >= 0.6 is 23.2 Å². The molecule has 2 saturated heterocycles. The van der Waals surface area contributed by atoms with Crippen LogP contribution in [0.2, 0.25) is 0 Å². The zero-order valence-electron chi connectivity index (χ0n) is 25.9. The number of rotatable bonds is 8. The molecule has 18 heteroatoms. The topological polar surface area (TPSA) is 151 Å². The lowest BCUT2D eigenvalue weighted by atomic mass is 9.56. The molecule has 0 aromatic heterocycles. The van der Waals surface area contributed by atoms with Crippen LogP contribution in [0.1, 0.15) is 37.2 Å². The lowest BCUT2D eigenvalue weighted by Gasteiger charge is -2.50. The number of carbonyl (C=O) groups is 5. The van der Waals surface area contributed by atoms with Crippen molar-refractivity contribution >= 4 is 58.5 Å². The van der Waals surface area contributed by atoms with Gasteiger partial charge in [0.25, 0.3) is 11.8 Å². The molecule has 4 aliphatic rings. The Morgan fingerprint density at radius 1 is 0.900 bits per heavy atom. The van der Waals surface area contributed by atoms with Crippen molar-refractivity contribution in [3.8, 4) is 17.2 Å². The number of fused-ring (bicyclic) bond motifs is 4. The molecule has 0 spiro atoms. The van der Waals surface area contributed by atoms with E-state index >= 15 is 8.78 Å². The third-order valence-electron chi connectivity index (χ3n) is 9.92. The molecule has 2 heterocycles. The van der Waals surface area contributed by atoms with Crippen molar-refractivity contribution in [2.75, 3.05) is 25.7 Å². The molecule has 1 saturated carbocycles. The zero-order valence-corrected chi connectivity index (χ0v) is 27.4. The highest BCUT2D eigenvalue weighted by atomic mass is 35.5. The number of nitrogens with zero attached hydrogens (tertiary/aromatic N) is 2. The number of carbonyl (C=O) groups excluding carboxylic acids is 4. The van der Waals surface area contributed by atoms with E-state index in [1.165, 1.54) is 32.4 Å². The van der Waals surface area contributed by atoms with E-state index in [-0.39, 0.29) is 53.3 Å². The Balaban J connectivity index is 1.57. The molecule has 2 aromatic rings. The van der Waals surface area contributed by atoms with Gasteiger partial charge >= 0.3 is 5.97 Å². The van der Waals surface area contributed by atoms with E-state index < -0.39 is 110 Å². The highest BCUT2D eigenvalue weighted by Crippen LogP contribution is 2.66. The van der Waals surface area contributed by atoms with Gasteiger partial charge in [0.15, 0.2) is 44.5 Å². The monoisotopic (exact) mass is 746 g/mol. The SMILES string of the molecule is COc1cc(C2C3=CCC4C(=O)N(CCCC(=O)O)C(=O)C4C3CC3(Cl)C(=O)N(c4c(F)c(F)c(F)c(F)c4F)C(=O)C23Cl)cc(OC)c1O. The van der Waals surface area contributed by atoms with Crippen molar-refractivity contribution in [1.82, 2.24) is 4.90 Å². The maximum Gasteiger partial charge on any atom is 0.303 e. The number of amides is 4. The summed E-state index contributed by atoms with van der Waals surface area (Å²) in [6, 6.07) is 2.38. The third kappa shape index (κ3) is 4.63. The van der Waals surface area contributed by atoms with Crippen LogP contribution in [0.5, 0.6) is 17.2 Å². The number of likely N-dealkylation sites (tertiary alicyclic amines) is 1. The summed E-state index contributed by atoms with van der Waals surface area (Å²) in [7, 11) is 2.34. The van der Waals surface area contributed by atoms with E-state index in [0.29, 0.717) is 0 Å². The van der Waals surface area contributed by atoms with Crippen LogP contribution in [-0.4, -0.2) is 75.2 Å². The molecule has 11 nitrogen and oxygen atoms in total. The first-order chi connectivity index (χ1) is 23.5. The predicted octanol–water partition coefficient (Wildman–Crippen LogP) is 4.53. The first-order valence-electron chi connectivity index (χ1n) is 15.0. The minimum absolute atomic E-state index is 0.0403. The summed E-state index contributed by atoms with van der Waals surface area (Å²) in [5.74, 6) is -24.4. The Bertz CT molecular complexity index is 1890. The van der Waals surface area contributed by atoms with Gasteiger partial charge in [0, 0.05) is 18.9 Å². The van der Waals surface area contributed by atoms with E-state index in [9.17, 15) is 42.3 Å². The summed E-state index contributed by atoms with van der Waals surface area (Å²) in [5.41, 5.74) is -1.79. The van der Waals surface area contributed by atoms with Crippen LogP contribution in [0, 0.1) is 46.8 Å². The molecule has 6 unspecified atom stereocenters. The zero-order chi connectivity index (χ0) is 36.8. The van der Waals surface area contributed by atoms with Gasteiger partial charge in [-0.2, -0.15) is 0 Å². The average molecular weight is 747 g/mol. The number of carboxylic acids is 1. The van der Waals surface area contributed by atoms with Crippen LogP contribution < -0.4 is 14.4 Å². The lowest BCUT2D eigenvalue weighted by Crippen LogP contribution is -2.60. The van der Waals surface area contributed by atoms with E-state index in [1.807, 2.05) is 0 Å². The summed E-state index contributed by atoms with van der Waals surface area (Å²) in [5, 5.41) is 19.7. The van der Waals surface area contributed by atoms with Crippen LogP contribution in [0.3, 0.4) is 0 Å². The van der Waals surface area contributed by atoms with E-state index in [0.717, 1.165) is 4.90 Å². The molecule has 2 N–H and O–H groups in total. The maximum absolute atomic E-state index is 15.2. The Kier molecular flexibility index (Phi) is 8.57. The summed E-state index contributed by atoms with van der Waals surface area (Å²) in [6.07, 6.45) is 0.252. The average Bonchev–Trinajstić information content (AvgIpc) is 3.40. The minimum atomic E-state index is -2.79. The number of hydrogen-bond donors (Lipinski definition) is 2. The number of allylic oxidation sites excluding steroid dienone is 2. The Morgan fingerprint density at radius 3 is 2.00 bits per heavy atom. The van der Waals surface area contributed by atoms with Crippen molar-refractivity contribution in [2.24, 2.45) is 17.8 Å². The van der Waals surface area contributed by atoms with Gasteiger partial charge in [0.1, 0.15) is 5.69 Å². The number of methoxy groups -OCH3 is 2. The molecule has 6 atom stereocenters. The molecule has 0 bridgehead atoms. The second kappa shape index (κ2) is 12.1. The van der Waals surface area contributed by atoms with Crippen LogP contribution in [0.4, 0.5) is 27.6 Å². The third-order valence-corrected chi connectivity index (χ3v) is 11.3. The quantitative estimate of drug-likeness (QED) is 0.0992. The van der Waals surface area contributed by atoms with Gasteiger partial charge in [-0.3, -0.25) is 28.9 Å². The molecular weight excluding hydrogens is 722 g/mol. The minimum Gasteiger partial charge on any atom is -0.502 e. The van der Waals surface area contributed by atoms with Crippen LogP contribution in [-0.2, 0) is 24.0 Å². The van der Waals surface area contributed by atoms with Crippen molar-refractivity contribution < 1.29 is 65.6 Å². The number of anilines is 1. The molecule has 0 radical (unpaired) electrons. The number of alkyl halides is 2. The normalized spacial score (nSPS) is 28.8. The van der Waals surface area contributed by atoms with Gasteiger partial charge in [-0.05, 0) is 42.9 Å². The Hall–Kier alpha value is -4.44. The van der Waals surface area contributed by atoms with Crippen LogP contribution in [0.25, 0.3) is 0 Å². The molecular formula is C32H25Cl2F5N2O9. The maximum atomic E-state index is 15.2. The lowest BCUT2D eigenvalue weighted by molar-refractivity contribution is -0.142. The van der Waals surface area contributed by atoms with Gasteiger partial charge in [0.2, 0.25) is 23.4 Å². The molecule has 50 heavy (non-hydrogen) atoms. The van der Waals surface area contributed by atoms with Crippen molar-refractivity contribution in [3.63, 3.8) is 0 Å². The summed E-state index contributed by atoms with van der Waals surface area (Å²) < 4.78 is 83.7. The van der Waals surface area contributed by atoms with Gasteiger partial charge in [-0.25, -0.2) is 26.9 Å². The summed E-state index contributed by atoms with van der Waals surface area (Å²) in [6.45, 7) is -0.244. The fourth-order valence-electron chi connectivity index (χ4n) is 7.69. The predicted molar refractivity (Wildman–Crippen MR) is 161 cm³/mol. The van der Waals surface area contributed by atoms with Crippen molar-refractivity contribution in [1.29, 1.82) is 0 Å². The Labute approximate surface area is 289 Å². The molecule has 6 rings (SSSR count). The number of phenolic OH excluding ortho intramolecular Hbond substituents is 1. The number of ether oxygens (including phenoxy) is 2. The first-order valence-corrected chi connectivity index (χ1v) is 15.7. The molecule has 2 aliphatic heterocycles. The molecule has 266 valence electrons. The van der Waals surface area contributed by atoms with E-state index in [4.69, 9.17) is 37.8 Å². The van der Waals surface area contributed by atoms with Crippen molar-refractivity contribution in [2.45, 2.75) is 41.3 Å². The molecule has 2 aromatic carbocycles. The smallest absolute Gasteiger partial charge is 0.303 e. The van der Waals surface area contributed by atoms with Gasteiger partial charge < -0.3 is 19.7 Å². The Morgan fingerprint density at radius 2 is 1.46 bits per heavy atom. The standard InChI is InChI=1S/C32H25Cl2F5N2O9/c1-49-15-8-11(9-16(50-2)26(15)44)19-12-5-6-13-18(28(46)40(27(13)45)7-3-4-17(42)43)14(12)10-31(33)29(47)41(30(48)32(19,31)34)25-23(38)21(36)20(35)22(37)24(25)39/h5,8-9,13-14,18-19,44H,3-4,6-7,10H2,1-2H3,(H,42,43). The second-order valence-corrected chi connectivity index (χ2v) is 13.5. The number of carboxylic acid groups (broad SMARTS) is 1. The van der Waals surface area contributed by atoms with E-state index in [1.54, 1.807) is 0 Å². The number of aliphatic carboxylic acids is 1. The fourth-order valence-corrected chi connectivity index (χ4v) is 8.63. The number of hydrogen-bond acceptors (Lipinski definition) is 8. The second-order valence-electron chi connectivity index (χ2n) is 12.3. The summed E-state index contributed by atoms with van der Waals surface area (Å²) >= 11 is 14.2. The fraction of sp³-hybridized carbons (Fsp3) is 0.406. The van der Waals surface area contributed by atoms with Gasteiger partial charge in [0.05, 0.1) is 26.1 Å². The van der Waals surface area contributed by atoms with E-state index in [2.05, 4.69) is 0 Å². The number of imide groups is 2. The van der Waals surface area contributed by atoms with Gasteiger partial charge in [-0.15, -0.1) is 23.2 Å². The van der Waals surface area contributed by atoms with Gasteiger partial charge in [-0.1, -0.05) is 11.6 Å². The van der Waals surface area contributed by atoms with Crippen molar-refractivity contribution in [3.05, 3.63) is 58.4 Å². The highest BCUT2D eigenvalue weighted by Gasteiger charge is 2.77.